The van der Waals surface area contributed by atoms with Crippen LogP contribution < -0.4 is 9.47 Å². The van der Waals surface area contributed by atoms with Crippen molar-refractivity contribution in [2.45, 2.75) is 6.61 Å². The van der Waals surface area contributed by atoms with Gasteiger partial charge in [0.25, 0.3) is 0 Å². The quantitative estimate of drug-likeness (QED) is 0.212. The summed E-state index contributed by atoms with van der Waals surface area (Å²) >= 11 is 3.58. The van der Waals surface area contributed by atoms with E-state index in [2.05, 4.69) is 40.2 Å². The minimum atomic E-state index is -0.0601. The predicted molar refractivity (Wildman–Crippen MR) is 129 cm³/mol. The van der Waals surface area contributed by atoms with Crippen molar-refractivity contribution in [3.05, 3.63) is 112 Å². The number of benzene rings is 4. The molecule has 4 heteroatoms. The van der Waals surface area contributed by atoms with Crippen LogP contribution in [-0.2, 0) is 6.61 Å². The number of carbonyl (C=O) groups is 1. The summed E-state index contributed by atoms with van der Waals surface area (Å²) in [5.41, 5.74) is 2.66. The van der Waals surface area contributed by atoms with Crippen LogP contribution in [0.3, 0.4) is 0 Å². The highest BCUT2D eigenvalue weighted by molar-refractivity contribution is 9.10. The van der Waals surface area contributed by atoms with E-state index in [0.717, 1.165) is 27.1 Å². The molecule has 0 aromatic heterocycles. The first-order valence-corrected chi connectivity index (χ1v) is 10.7. The van der Waals surface area contributed by atoms with Crippen LogP contribution >= 0.6 is 15.9 Å². The van der Waals surface area contributed by atoms with E-state index in [9.17, 15) is 4.79 Å². The zero-order valence-corrected chi connectivity index (χ0v) is 18.6. The first-order chi connectivity index (χ1) is 15.1. The lowest BCUT2D eigenvalue weighted by Gasteiger charge is -2.11. The van der Waals surface area contributed by atoms with E-state index >= 15 is 0 Å². The molecule has 0 bridgehead atoms. The van der Waals surface area contributed by atoms with Gasteiger partial charge >= 0.3 is 0 Å². The number of halogens is 1. The highest BCUT2D eigenvalue weighted by atomic mass is 79.9. The molecule has 0 aliphatic carbocycles. The highest BCUT2D eigenvalue weighted by Gasteiger charge is 2.06. The van der Waals surface area contributed by atoms with Gasteiger partial charge in [-0.25, -0.2) is 0 Å². The molecule has 0 spiro atoms. The Labute approximate surface area is 190 Å². The minimum Gasteiger partial charge on any atom is -0.497 e. The number of hydrogen-bond acceptors (Lipinski definition) is 3. The zero-order valence-electron chi connectivity index (χ0n) is 17.0. The first kappa shape index (κ1) is 20.9. The normalized spacial score (nSPS) is 11.0. The van der Waals surface area contributed by atoms with Crippen LogP contribution in [0.25, 0.3) is 16.8 Å². The molecule has 0 amide bonds. The molecule has 0 atom stereocenters. The standard InChI is InChI=1S/C27H21BrO3/c1-30-23-13-11-21(12-14-23)26(29)15-9-19-10-16-27(25(28)17-19)31-18-22-7-4-6-20-5-2-3-8-24(20)22/h2-17H,18H2,1H3/b15-9+. The molecule has 0 N–H and O–H groups in total. The van der Waals surface area contributed by atoms with Crippen molar-refractivity contribution < 1.29 is 14.3 Å². The third kappa shape index (κ3) is 5.04. The van der Waals surface area contributed by atoms with Crippen molar-refractivity contribution in [3.8, 4) is 11.5 Å². The molecule has 0 fully saturated rings. The lowest BCUT2D eigenvalue weighted by molar-refractivity contribution is 0.104. The summed E-state index contributed by atoms with van der Waals surface area (Å²) < 4.78 is 12.0. The monoisotopic (exact) mass is 472 g/mol. The highest BCUT2D eigenvalue weighted by Crippen LogP contribution is 2.28. The molecular weight excluding hydrogens is 452 g/mol. The number of ether oxygens (including phenoxy) is 2. The molecule has 4 aromatic carbocycles. The topological polar surface area (TPSA) is 35.5 Å². The number of hydrogen-bond donors (Lipinski definition) is 0. The molecule has 4 rings (SSSR count). The van der Waals surface area contributed by atoms with Crippen LogP contribution in [0.15, 0.2) is 95.5 Å². The van der Waals surface area contributed by atoms with Crippen molar-refractivity contribution in [3.63, 3.8) is 0 Å². The Morgan fingerprint density at radius 3 is 2.48 bits per heavy atom. The lowest BCUT2D eigenvalue weighted by atomic mass is 10.1. The third-order valence-corrected chi connectivity index (χ3v) is 5.64. The third-order valence-electron chi connectivity index (χ3n) is 5.02. The smallest absolute Gasteiger partial charge is 0.185 e. The average molecular weight is 473 g/mol. The summed E-state index contributed by atoms with van der Waals surface area (Å²) in [7, 11) is 1.60. The van der Waals surface area contributed by atoms with E-state index in [0.29, 0.717) is 12.2 Å². The van der Waals surface area contributed by atoms with Crippen LogP contribution in [0.4, 0.5) is 0 Å². The van der Waals surface area contributed by atoms with E-state index in [1.54, 1.807) is 43.5 Å². The molecule has 0 aliphatic heterocycles. The summed E-state index contributed by atoms with van der Waals surface area (Å²) in [6.45, 7) is 0.477. The van der Waals surface area contributed by atoms with Gasteiger partial charge in [-0.3, -0.25) is 4.79 Å². The Hall–Kier alpha value is -3.37. The van der Waals surface area contributed by atoms with Gasteiger partial charge in [0.1, 0.15) is 18.1 Å². The SMILES string of the molecule is COc1ccc(C(=O)/C=C/c2ccc(OCc3cccc4ccccc34)c(Br)c2)cc1. The number of carbonyl (C=O) groups excluding carboxylic acids is 1. The second-order valence-electron chi connectivity index (χ2n) is 7.04. The van der Waals surface area contributed by atoms with Gasteiger partial charge in [0.05, 0.1) is 11.6 Å². The Balaban J connectivity index is 1.44. The van der Waals surface area contributed by atoms with Gasteiger partial charge in [-0.15, -0.1) is 0 Å². The van der Waals surface area contributed by atoms with E-state index in [1.807, 2.05) is 36.4 Å². The van der Waals surface area contributed by atoms with Gasteiger partial charge < -0.3 is 9.47 Å². The molecule has 0 saturated heterocycles. The summed E-state index contributed by atoms with van der Waals surface area (Å²) in [6.07, 6.45) is 3.37. The second kappa shape index (κ2) is 9.63. The molecule has 0 saturated carbocycles. The molecule has 31 heavy (non-hydrogen) atoms. The summed E-state index contributed by atoms with van der Waals surface area (Å²) in [4.78, 5) is 12.4. The summed E-state index contributed by atoms with van der Waals surface area (Å²) in [5.74, 6) is 1.42. The predicted octanol–water partition coefficient (Wildman–Crippen LogP) is 7.09. The Kier molecular flexibility index (Phi) is 6.48. The van der Waals surface area contributed by atoms with E-state index < -0.39 is 0 Å². The van der Waals surface area contributed by atoms with Crippen molar-refractivity contribution in [1.82, 2.24) is 0 Å². The fourth-order valence-corrected chi connectivity index (χ4v) is 3.85. The van der Waals surface area contributed by atoms with Crippen LogP contribution in [0.5, 0.6) is 11.5 Å². The number of ketones is 1. The fourth-order valence-electron chi connectivity index (χ4n) is 3.34. The maximum Gasteiger partial charge on any atom is 0.185 e. The van der Waals surface area contributed by atoms with E-state index in [4.69, 9.17) is 9.47 Å². The molecule has 0 heterocycles. The lowest BCUT2D eigenvalue weighted by Crippen LogP contribution is -1.97. The zero-order chi connectivity index (χ0) is 21.6. The molecule has 3 nitrogen and oxygen atoms in total. The van der Waals surface area contributed by atoms with Crippen LogP contribution in [0.1, 0.15) is 21.5 Å². The van der Waals surface area contributed by atoms with Crippen LogP contribution in [0, 0.1) is 0 Å². The Morgan fingerprint density at radius 1 is 0.935 bits per heavy atom. The molecule has 154 valence electrons. The number of methoxy groups -OCH3 is 1. The maximum absolute atomic E-state index is 12.4. The first-order valence-electron chi connectivity index (χ1n) is 9.89. The van der Waals surface area contributed by atoms with Crippen molar-refractivity contribution in [2.75, 3.05) is 7.11 Å². The molecule has 0 unspecified atom stereocenters. The van der Waals surface area contributed by atoms with Gasteiger partial charge in [0, 0.05) is 5.56 Å². The second-order valence-corrected chi connectivity index (χ2v) is 7.90. The maximum atomic E-state index is 12.4. The van der Waals surface area contributed by atoms with Crippen molar-refractivity contribution in [1.29, 1.82) is 0 Å². The van der Waals surface area contributed by atoms with Gasteiger partial charge in [-0.1, -0.05) is 54.6 Å². The Bertz CT molecular complexity index is 1240. The van der Waals surface area contributed by atoms with Gasteiger partial charge in [0.2, 0.25) is 0 Å². The van der Waals surface area contributed by atoms with Crippen molar-refractivity contribution in [2.24, 2.45) is 0 Å². The van der Waals surface area contributed by atoms with E-state index in [1.165, 1.54) is 10.8 Å². The number of fused-ring (bicyclic) bond motifs is 1. The molecule has 0 aliphatic rings. The minimum absolute atomic E-state index is 0.0601. The van der Waals surface area contributed by atoms with Crippen LogP contribution in [0.2, 0.25) is 0 Å². The molecule has 0 radical (unpaired) electrons. The average Bonchev–Trinajstić information content (AvgIpc) is 2.82. The Morgan fingerprint density at radius 2 is 1.71 bits per heavy atom. The largest absolute Gasteiger partial charge is 0.497 e. The summed E-state index contributed by atoms with van der Waals surface area (Å²) in [6, 6.07) is 27.4. The van der Waals surface area contributed by atoms with Gasteiger partial charge in [0.15, 0.2) is 5.78 Å². The van der Waals surface area contributed by atoms with Gasteiger partial charge in [-0.2, -0.15) is 0 Å². The van der Waals surface area contributed by atoms with Gasteiger partial charge in [-0.05, 0) is 80.3 Å². The summed E-state index contributed by atoms with van der Waals surface area (Å²) in [5, 5.41) is 2.39. The van der Waals surface area contributed by atoms with Crippen molar-refractivity contribution >= 4 is 38.6 Å². The molecule has 4 aromatic rings. The number of rotatable bonds is 7. The molecular formula is C27H21BrO3. The van der Waals surface area contributed by atoms with E-state index in [-0.39, 0.29) is 5.78 Å². The fraction of sp³-hybridized carbons (Fsp3) is 0.0741. The van der Waals surface area contributed by atoms with Crippen LogP contribution in [-0.4, -0.2) is 12.9 Å². The number of allylic oxidation sites excluding steroid dienone is 1.